The van der Waals surface area contributed by atoms with E-state index in [0.29, 0.717) is 6.54 Å². The smallest absolute Gasteiger partial charge is 0.253 e. The van der Waals surface area contributed by atoms with Gasteiger partial charge in [-0.2, -0.15) is 0 Å². The maximum Gasteiger partial charge on any atom is 0.253 e. The molecule has 2 saturated heterocycles. The van der Waals surface area contributed by atoms with Crippen LogP contribution in [-0.2, 0) is 16.1 Å². The van der Waals surface area contributed by atoms with Crippen molar-refractivity contribution in [2.24, 2.45) is 0 Å². The Balaban J connectivity index is 1.43. The molecule has 154 valence electrons. The summed E-state index contributed by atoms with van der Waals surface area (Å²) in [5, 5.41) is 0. The lowest BCUT2D eigenvalue weighted by atomic mass is 9.92. The lowest BCUT2D eigenvalue weighted by molar-refractivity contribution is -0.140. The highest BCUT2D eigenvalue weighted by Crippen LogP contribution is 2.33. The van der Waals surface area contributed by atoms with E-state index in [0.717, 1.165) is 55.9 Å². The van der Waals surface area contributed by atoms with Crippen molar-refractivity contribution < 1.29 is 18.7 Å². The van der Waals surface area contributed by atoms with Gasteiger partial charge in [-0.05, 0) is 61.7 Å². The number of rotatable bonds is 4. The van der Waals surface area contributed by atoms with Gasteiger partial charge < -0.3 is 14.4 Å². The first-order valence-electron chi connectivity index (χ1n) is 9.97. The largest absolute Gasteiger partial charge is 0.495 e. The van der Waals surface area contributed by atoms with Crippen LogP contribution in [0.4, 0.5) is 10.1 Å². The molecule has 4 rings (SSSR count). The number of hydrogen-bond donors (Lipinski definition) is 0. The summed E-state index contributed by atoms with van der Waals surface area (Å²) < 4.78 is 24.6. The molecule has 2 aliphatic heterocycles. The minimum atomic E-state index is -0.357. The summed E-state index contributed by atoms with van der Waals surface area (Å²) in [6.45, 7) is 3.22. The molecule has 0 aliphatic carbocycles. The average molecular weight is 399 g/mol. The van der Waals surface area contributed by atoms with Crippen LogP contribution >= 0.6 is 0 Å². The van der Waals surface area contributed by atoms with Gasteiger partial charge in [0.15, 0.2) is 0 Å². The Morgan fingerprint density at radius 2 is 2.03 bits per heavy atom. The van der Waals surface area contributed by atoms with Crippen LogP contribution in [-0.4, -0.2) is 54.7 Å². The Hall–Kier alpha value is -2.51. The Kier molecular flexibility index (Phi) is 5.78. The number of hydrogen-bond acceptors (Lipinski definition) is 5. The first kappa shape index (κ1) is 19.8. The molecule has 29 heavy (non-hydrogen) atoms. The molecule has 2 fully saturated rings. The van der Waals surface area contributed by atoms with Crippen LogP contribution in [0.15, 0.2) is 42.7 Å². The van der Waals surface area contributed by atoms with Gasteiger partial charge >= 0.3 is 0 Å². The van der Waals surface area contributed by atoms with Gasteiger partial charge in [-0.25, -0.2) is 4.39 Å². The molecule has 1 unspecified atom stereocenters. The van der Waals surface area contributed by atoms with Gasteiger partial charge in [0.2, 0.25) is 0 Å². The molecule has 1 amide bonds. The van der Waals surface area contributed by atoms with Gasteiger partial charge in [0.05, 0.1) is 25.5 Å². The number of halogens is 1. The summed E-state index contributed by atoms with van der Waals surface area (Å²) in [5.74, 6) is 0.380. The van der Waals surface area contributed by atoms with Crippen molar-refractivity contribution in [3.05, 3.63) is 54.1 Å². The van der Waals surface area contributed by atoms with Crippen LogP contribution in [0.3, 0.4) is 0 Å². The highest BCUT2D eigenvalue weighted by molar-refractivity contribution is 5.95. The maximum absolute atomic E-state index is 13.3. The molecule has 2 aliphatic rings. The van der Waals surface area contributed by atoms with Gasteiger partial charge in [-0.3, -0.25) is 14.7 Å². The second-order valence-electron chi connectivity index (χ2n) is 7.79. The van der Waals surface area contributed by atoms with Crippen LogP contribution in [0.2, 0.25) is 0 Å². The molecule has 2 aromatic rings. The van der Waals surface area contributed by atoms with E-state index in [1.54, 1.807) is 30.3 Å². The third kappa shape index (κ3) is 4.57. The van der Waals surface area contributed by atoms with Crippen molar-refractivity contribution in [1.82, 2.24) is 9.88 Å². The van der Waals surface area contributed by atoms with Crippen molar-refractivity contribution in [2.45, 2.75) is 31.4 Å². The second-order valence-corrected chi connectivity index (χ2v) is 7.79. The van der Waals surface area contributed by atoms with Crippen molar-refractivity contribution in [3.8, 4) is 5.75 Å². The number of benzene rings is 1. The number of carbonyl (C=O) groups is 1. The minimum Gasteiger partial charge on any atom is -0.495 e. The quantitative estimate of drug-likeness (QED) is 0.791. The molecule has 7 heteroatoms. The Morgan fingerprint density at radius 3 is 2.83 bits per heavy atom. The van der Waals surface area contributed by atoms with Gasteiger partial charge in [-0.1, -0.05) is 0 Å². The van der Waals surface area contributed by atoms with Crippen molar-refractivity contribution in [2.75, 3.05) is 38.3 Å². The lowest BCUT2D eigenvalue weighted by Crippen LogP contribution is -2.55. The van der Waals surface area contributed by atoms with E-state index in [4.69, 9.17) is 9.47 Å². The number of anilines is 1. The number of ether oxygens (including phenoxy) is 2. The van der Waals surface area contributed by atoms with Gasteiger partial charge in [-0.15, -0.1) is 0 Å². The van der Waals surface area contributed by atoms with Crippen molar-refractivity contribution in [1.29, 1.82) is 0 Å². The standard InChI is InChI=1S/C22H26FN3O3/c1-28-20-11-17(12-24-13-20)14-25-9-2-7-22(8-10-25)16-26(21(27)15-29-22)19-5-3-18(23)4-6-19/h3-6,11-13H,2,7-10,14-16H2,1H3. The van der Waals surface area contributed by atoms with E-state index >= 15 is 0 Å². The maximum atomic E-state index is 13.3. The molecular formula is C22H26FN3O3. The molecular weight excluding hydrogens is 373 g/mol. The zero-order valence-electron chi connectivity index (χ0n) is 16.6. The molecule has 1 atom stereocenters. The van der Waals surface area contributed by atoms with E-state index < -0.39 is 0 Å². The SMILES string of the molecule is COc1cncc(CN2CCCC3(CC2)CN(c2ccc(F)cc2)C(=O)CO3)c1. The monoisotopic (exact) mass is 399 g/mol. The summed E-state index contributed by atoms with van der Waals surface area (Å²) in [5.41, 5.74) is 1.49. The van der Waals surface area contributed by atoms with Crippen LogP contribution in [0.25, 0.3) is 0 Å². The van der Waals surface area contributed by atoms with E-state index in [2.05, 4.69) is 9.88 Å². The number of likely N-dealkylation sites (tertiary alicyclic amines) is 1. The molecule has 6 nitrogen and oxygen atoms in total. The fourth-order valence-electron chi connectivity index (χ4n) is 4.18. The summed E-state index contributed by atoms with van der Waals surface area (Å²) in [6, 6.07) is 8.11. The fraction of sp³-hybridized carbons (Fsp3) is 0.455. The number of pyridine rings is 1. The number of morpholine rings is 1. The minimum absolute atomic E-state index is 0.0666. The van der Waals surface area contributed by atoms with E-state index in [1.807, 2.05) is 12.3 Å². The number of aromatic nitrogens is 1. The molecule has 1 aromatic heterocycles. The fourth-order valence-corrected chi connectivity index (χ4v) is 4.18. The molecule has 0 N–H and O–H groups in total. The topological polar surface area (TPSA) is 54.9 Å². The van der Waals surface area contributed by atoms with Crippen molar-refractivity contribution in [3.63, 3.8) is 0 Å². The number of nitrogens with zero attached hydrogens (tertiary/aromatic N) is 3. The molecule has 3 heterocycles. The number of methoxy groups -OCH3 is 1. The Labute approximate surface area is 170 Å². The zero-order chi connectivity index (χ0) is 20.3. The normalized spacial score (nSPS) is 23.2. The summed E-state index contributed by atoms with van der Waals surface area (Å²) in [4.78, 5) is 20.8. The molecule has 0 radical (unpaired) electrons. The van der Waals surface area contributed by atoms with Gasteiger partial charge in [0.1, 0.15) is 18.2 Å². The lowest BCUT2D eigenvalue weighted by Gasteiger charge is -2.42. The van der Waals surface area contributed by atoms with E-state index in [-0.39, 0.29) is 23.9 Å². The molecule has 1 aromatic carbocycles. The summed E-state index contributed by atoms with van der Waals surface area (Å²) in [6.07, 6.45) is 6.30. The molecule has 0 bridgehead atoms. The third-order valence-electron chi connectivity index (χ3n) is 5.79. The predicted octanol–water partition coefficient (Wildman–Crippen LogP) is 3.02. The highest BCUT2D eigenvalue weighted by Gasteiger charge is 2.41. The number of amides is 1. The van der Waals surface area contributed by atoms with E-state index in [9.17, 15) is 9.18 Å². The summed E-state index contributed by atoms with van der Waals surface area (Å²) in [7, 11) is 1.64. The Morgan fingerprint density at radius 1 is 1.21 bits per heavy atom. The predicted molar refractivity (Wildman–Crippen MR) is 107 cm³/mol. The van der Waals surface area contributed by atoms with Crippen LogP contribution in [0.5, 0.6) is 5.75 Å². The highest BCUT2D eigenvalue weighted by atomic mass is 19.1. The second kappa shape index (κ2) is 8.47. The zero-order valence-corrected chi connectivity index (χ0v) is 16.6. The first-order valence-corrected chi connectivity index (χ1v) is 9.97. The third-order valence-corrected chi connectivity index (χ3v) is 5.79. The first-order chi connectivity index (χ1) is 14.1. The Bertz CT molecular complexity index is 861. The average Bonchev–Trinajstić information content (AvgIpc) is 2.93. The summed E-state index contributed by atoms with van der Waals surface area (Å²) >= 11 is 0. The molecule has 0 saturated carbocycles. The van der Waals surface area contributed by atoms with E-state index in [1.165, 1.54) is 12.1 Å². The van der Waals surface area contributed by atoms with Crippen LogP contribution in [0, 0.1) is 5.82 Å². The van der Waals surface area contributed by atoms with Crippen LogP contribution < -0.4 is 9.64 Å². The van der Waals surface area contributed by atoms with Crippen molar-refractivity contribution >= 4 is 11.6 Å². The number of carbonyl (C=O) groups excluding carboxylic acids is 1. The van der Waals surface area contributed by atoms with Gasteiger partial charge in [0.25, 0.3) is 5.91 Å². The molecule has 1 spiro atoms. The van der Waals surface area contributed by atoms with Crippen LogP contribution in [0.1, 0.15) is 24.8 Å². The van der Waals surface area contributed by atoms with Gasteiger partial charge in [0, 0.05) is 25.0 Å².